The molecule has 0 atom stereocenters. The van der Waals surface area contributed by atoms with Gasteiger partial charge in [-0.1, -0.05) is 25.3 Å². The third-order valence-corrected chi connectivity index (χ3v) is 3.84. The number of nitrogens with two attached hydrogens (primary N) is 1. The highest BCUT2D eigenvalue weighted by Gasteiger charge is 2.15. The van der Waals surface area contributed by atoms with Gasteiger partial charge in [0.1, 0.15) is 5.82 Å². The summed E-state index contributed by atoms with van der Waals surface area (Å²) in [5.74, 6) is 0.566. The summed E-state index contributed by atoms with van der Waals surface area (Å²) < 4.78 is 13.0. The smallest absolute Gasteiger partial charge is 0.125 e. The summed E-state index contributed by atoms with van der Waals surface area (Å²) in [4.78, 5) is 2.31. The first-order chi connectivity index (χ1) is 8.65. The molecular formula is C15H23FN2. The third kappa shape index (κ3) is 3.70. The molecule has 1 aromatic rings. The van der Waals surface area contributed by atoms with Crippen LogP contribution in [0.1, 0.15) is 37.7 Å². The van der Waals surface area contributed by atoms with Crippen molar-refractivity contribution < 1.29 is 4.39 Å². The lowest BCUT2D eigenvalue weighted by atomic mass is 9.89. The van der Waals surface area contributed by atoms with Gasteiger partial charge in [0.15, 0.2) is 0 Å². The van der Waals surface area contributed by atoms with Crippen molar-refractivity contribution in [2.75, 3.05) is 19.3 Å². The molecule has 0 unspecified atom stereocenters. The molecule has 0 radical (unpaired) electrons. The summed E-state index contributed by atoms with van der Waals surface area (Å²) in [6.45, 7) is 1.93. The number of halogens is 1. The minimum absolute atomic E-state index is 0.258. The van der Waals surface area contributed by atoms with Crippen LogP contribution in [0.2, 0.25) is 0 Å². The Balaban J connectivity index is 1.87. The number of nitrogens with zero attached hydrogens (tertiary/aromatic N) is 1. The Kier molecular flexibility index (Phi) is 4.59. The zero-order chi connectivity index (χ0) is 13.0. The molecule has 1 fully saturated rings. The zero-order valence-corrected chi connectivity index (χ0v) is 11.2. The quantitative estimate of drug-likeness (QED) is 0.830. The molecule has 3 heteroatoms. The second-order valence-corrected chi connectivity index (χ2v) is 5.54. The second-order valence-electron chi connectivity index (χ2n) is 5.54. The van der Waals surface area contributed by atoms with E-state index in [1.165, 1.54) is 44.2 Å². The summed E-state index contributed by atoms with van der Waals surface area (Å²) in [7, 11) is 2.12. The number of benzene rings is 1. The molecule has 0 heterocycles. The standard InChI is InChI=1S/C15H23FN2/c1-18(10-12-5-3-2-4-6-12)11-13-7-8-14(16)9-15(13)17/h7-9,12H,2-6,10-11,17H2,1H3. The molecule has 0 saturated heterocycles. The van der Waals surface area contributed by atoms with E-state index in [2.05, 4.69) is 11.9 Å². The van der Waals surface area contributed by atoms with Crippen molar-refractivity contribution in [3.05, 3.63) is 29.6 Å². The Morgan fingerprint density at radius 2 is 2.00 bits per heavy atom. The van der Waals surface area contributed by atoms with E-state index < -0.39 is 0 Å². The van der Waals surface area contributed by atoms with Gasteiger partial charge in [-0.05, 0) is 43.5 Å². The van der Waals surface area contributed by atoms with Crippen LogP contribution in [-0.2, 0) is 6.54 Å². The molecule has 0 aliphatic heterocycles. The van der Waals surface area contributed by atoms with Crippen LogP contribution in [0.4, 0.5) is 10.1 Å². The summed E-state index contributed by atoms with van der Waals surface area (Å²) in [5, 5.41) is 0. The maximum atomic E-state index is 13.0. The van der Waals surface area contributed by atoms with Gasteiger partial charge in [-0.2, -0.15) is 0 Å². The van der Waals surface area contributed by atoms with E-state index in [-0.39, 0.29) is 5.82 Å². The lowest BCUT2D eigenvalue weighted by molar-refractivity contribution is 0.228. The number of hydrogen-bond donors (Lipinski definition) is 1. The van der Waals surface area contributed by atoms with Crippen LogP contribution in [0.5, 0.6) is 0 Å². The number of hydrogen-bond acceptors (Lipinski definition) is 2. The molecule has 18 heavy (non-hydrogen) atoms. The van der Waals surface area contributed by atoms with Crippen molar-refractivity contribution in [2.45, 2.75) is 38.6 Å². The molecule has 2 rings (SSSR count). The zero-order valence-electron chi connectivity index (χ0n) is 11.2. The Morgan fingerprint density at radius 3 is 2.67 bits per heavy atom. The predicted octanol–water partition coefficient (Wildman–Crippen LogP) is 3.42. The largest absolute Gasteiger partial charge is 0.398 e. The van der Waals surface area contributed by atoms with Crippen molar-refractivity contribution in [1.29, 1.82) is 0 Å². The summed E-state index contributed by atoms with van der Waals surface area (Å²) >= 11 is 0. The summed E-state index contributed by atoms with van der Waals surface area (Å²) in [5.41, 5.74) is 7.42. The van der Waals surface area contributed by atoms with Gasteiger partial charge in [-0.3, -0.25) is 0 Å². The Labute approximate surface area is 109 Å². The van der Waals surface area contributed by atoms with E-state index in [1.54, 1.807) is 6.07 Å². The van der Waals surface area contributed by atoms with E-state index in [1.807, 2.05) is 0 Å². The fourth-order valence-corrected chi connectivity index (χ4v) is 2.88. The van der Waals surface area contributed by atoms with Gasteiger partial charge in [-0.15, -0.1) is 0 Å². The minimum atomic E-state index is -0.258. The van der Waals surface area contributed by atoms with Gasteiger partial charge >= 0.3 is 0 Å². The first kappa shape index (κ1) is 13.3. The topological polar surface area (TPSA) is 29.3 Å². The Hall–Kier alpha value is -1.09. The highest BCUT2D eigenvalue weighted by molar-refractivity contribution is 5.46. The number of nitrogen functional groups attached to an aromatic ring is 1. The molecule has 1 aromatic carbocycles. The lowest BCUT2D eigenvalue weighted by Gasteiger charge is -2.27. The van der Waals surface area contributed by atoms with Crippen molar-refractivity contribution in [2.24, 2.45) is 5.92 Å². The van der Waals surface area contributed by atoms with Gasteiger partial charge in [-0.25, -0.2) is 4.39 Å². The van der Waals surface area contributed by atoms with Crippen LogP contribution < -0.4 is 5.73 Å². The predicted molar refractivity (Wildman–Crippen MR) is 73.7 cm³/mol. The molecular weight excluding hydrogens is 227 g/mol. The second kappa shape index (κ2) is 6.19. The first-order valence-corrected chi connectivity index (χ1v) is 6.87. The number of rotatable bonds is 4. The summed E-state index contributed by atoms with van der Waals surface area (Å²) in [6, 6.07) is 4.69. The van der Waals surface area contributed by atoms with Crippen molar-refractivity contribution >= 4 is 5.69 Å². The molecule has 1 aliphatic carbocycles. The van der Waals surface area contributed by atoms with Gasteiger partial charge in [0.2, 0.25) is 0 Å². The third-order valence-electron chi connectivity index (χ3n) is 3.84. The van der Waals surface area contributed by atoms with Gasteiger partial charge in [0, 0.05) is 18.8 Å². The maximum absolute atomic E-state index is 13.0. The van der Waals surface area contributed by atoms with Gasteiger partial charge < -0.3 is 10.6 Å². The molecule has 2 nitrogen and oxygen atoms in total. The average Bonchev–Trinajstić information content (AvgIpc) is 2.34. The Morgan fingerprint density at radius 1 is 1.28 bits per heavy atom. The molecule has 1 aliphatic rings. The van der Waals surface area contributed by atoms with Gasteiger partial charge in [0.05, 0.1) is 0 Å². The fourth-order valence-electron chi connectivity index (χ4n) is 2.88. The molecule has 100 valence electrons. The lowest BCUT2D eigenvalue weighted by Crippen LogP contribution is -2.27. The molecule has 0 bridgehead atoms. The monoisotopic (exact) mass is 250 g/mol. The first-order valence-electron chi connectivity index (χ1n) is 6.87. The van der Waals surface area contributed by atoms with Crippen LogP contribution in [0, 0.1) is 11.7 Å². The molecule has 0 amide bonds. The molecule has 0 spiro atoms. The van der Waals surface area contributed by atoms with E-state index in [9.17, 15) is 4.39 Å². The van der Waals surface area contributed by atoms with Crippen molar-refractivity contribution in [1.82, 2.24) is 4.90 Å². The van der Waals surface area contributed by atoms with Gasteiger partial charge in [0.25, 0.3) is 0 Å². The van der Waals surface area contributed by atoms with E-state index in [4.69, 9.17) is 5.73 Å². The van der Waals surface area contributed by atoms with Crippen molar-refractivity contribution in [3.63, 3.8) is 0 Å². The molecule has 2 N–H and O–H groups in total. The Bertz CT molecular complexity index is 386. The van der Waals surface area contributed by atoms with Crippen LogP contribution in [0.3, 0.4) is 0 Å². The molecule has 0 aromatic heterocycles. The van der Waals surface area contributed by atoms with Crippen LogP contribution >= 0.6 is 0 Å². The maximum Gasteiger partial charge on any atom is 0.125 e. The van der Waals surface area contributed by atoms with Crippen LogP contribution in [0.15, 0.2) is 18.2 Å². The number of anilines is 1. The highest BCUT2D eigenvalue weighted by atomic mass is 19.1. The average molecular weight is 250 g/mol. The SMILES string of the molecule is CN(Cc1ccc(F)cc1N)CC1CCCCC1. The summed E-state index contributed by atoms with van der Waals surface area (Å²) in [6.07, 6.45) is 6.84. The van der Waals surface area contributed by atoms with Crippen LogP contribution in [-0.4, -0.2) is 18.5 Å². The highest BCUT2D eigenvalue weighted by Crippen LogP contribution is 2.25. The van der Waals surface area contributed by atoms with E-state index >= 15 is 0 Å². The molecule has 1 saturated carbocycles. The normalized spacial score (nSPS) is 17.3. The van der Waals surface area contributed by atoms with E-state index in [0.29, 0.717) is 5.69 Å². The van der Waals surface area contributed by atoms with E-state index in [0.717, 1.165) is 24.6 Å². The van der Waals surface area contributed by atoms with Crippen LogP contribution in [0.25, 0.3) is 0 Å². The van der Waals surface area contributed by atoms with Crippen molar-refractivity contribution in [3.8, 4) is 0 Å². The minimum Gasteiger partial charge on any atom is -0.398 e. The fraction of sp³-hybridized carbons (Fsp3) is 0.600.